The molecule has 0 aromatic rings. The van der Waals surface area contributed by atoms with Crippen molar-refractivity contribution in [3.05, 3.63) is 0 Å². The van der Waals surface area contributed by atoms with Gasteiger partial charge in [-0.25, -0.2) is 0 Å². The predicted molar refractivity (Wildman–Crippen MR) is 60.5 cm³/mol. The molecule has 6 nitrogen and oxygen atoms in total. The summed E-state index contributed by atoms with van der Waals surface area (Å²) in [6.45, 7) is 0. The molecule has 8 heteroatoms. The molecule has 1 fully saturated rings. The van der Waals surface area contributed by atoms with Crippen molar-refractivity contribution in [1.29, 1.82) is 0 Å². The van der Waals surface area contributed by atoms with Gasteiger partial charge in [0.2, 0.25) is 0 Å². The molecule has 0 aromatic heterocycles. The number of rotatable bonds is 3. The predicted octanol–water partition coefficient (Wildman–Crippen LogP) is 1.10. The summed E-state index contributed by atoms with van der Waals surface area (Å²) < 4.78 is 55.4. The van der Waals surface area contributed by atoms with Gasteiger partial charge < -0.3 is 0 Å². The molecule has 0 unspecified atom stereocenters. The summed E-state index contributed by atoms with van der Waals surface area (Å²) in [7, 11) is -8.59. The maximum absolute atomic E-state index is 9.86. The topological polar surface area (TPSA) is 109 Å². The van der Waals surface area contributed by atoms with E-state index in [1.165, 1.54) is 38.5 Å². The highest BCUT2D eigenvalue weighted by molar-refractivity contribution is 7.89. The van der Waals surface area contributed by atoms with E-state index in [0.29, 0.717) is 0 Å². The smallest absolute Gasteiger partial charge is 0.265 e. The highest BCUT2D eigenvalue weighted by Gasteiger charge is 2.11. The molecular weight excluding hydrogens is 256 g/mol. The highest BCUT2D eigenvalue weighted by atomic mass is 32.2. The fourth-order valence-corrected chi connectivity index (χ4v) is 2.96. The molecule has 1 aliphatic rings. The first-order chi connectivity index (χ1) is 7.21. The Morgan fingerprint density at radius 3 is 0.938 bits per heavy atom. The minimum Gasteiger partial charge on any atom is -0.286 e. The Morgan fingerprint density at radius 2 is 0.812 bits per heavy atom. The van der Waals surface area contributed by atoms with Crippen molar-refractivity contribution in [2.45, 2.75) is 38.5 Å². The van der Waals surface area contributed by atoms with Gasteiger partial charge in [-0.3, -0.25) is 9.11 Å². The second kappa shape index (κ2) is 7.21. The molecule has 2 N–H and O–H groups in total. The summed E-state index contributed by atoms with van der Waals surface area (Å²) in [5, 5.41) is 0. The molecular formula is C8H18O6S2. The van der Waals surface area contributed by atoms with E-state index >= 15 is 0 Å². The van der Waals surface area contributed by atoms with Crippen molar-refractivity contribution >= 4 is 20.2 Å². The third-order valence-electron chi connectivity index (χ3n) is 2.10. The fourth-order valence-electron chi connectivity index (χ4n) is 1.27. The summed E-state index contributed by atoms with van der Waals surface area (Å²) >= 11 is 0. The van der Waals surface area contributed by atoms with E-state index in [2.05, 4.69) is 0 Å². The van der Waals surface area contributed by atoms with Crippen molar-refractivity contribution in [3.63, 3.8) is 0 Å². The van der Waals surface area contributed by atoms with Crippen molar-refractivity contribution in [3.8, 4) is 0 Å². The number of hydrogen-bond acceptors (Lipinski definition) is 4. The summed E-state index contributed by atoms with van der Waals surface area (Å²) in [6.07, 6.45) is 9.00. The van der Waals surface area contributed by atoms with Crippen LogP contribution in [0, 0.1) is 0 Å². The maximum Gasteiger partial charge on any atom is 0.265 e. The molecule has 1 aliphatic carbocycles. The van der Waals surface area contributed by atoms with Crippen LogP contribution in [0.1, 0.15) is 38.5 Å². The Morgan fingerprint density at radius 1 is 0.625 bits per heavy atom. The van der Waals surface area contributed by atoms with Crippen LogP contribution in [0.4, 0.5) is 0 Å². The summed E-state index contributed by atoms with van der Waals surface area (Å²) in [4.78, 5) is 0. The second-order valence-corrected chi connectivity index (χ2v) is 6.84. The third kappa shape index (κ3) is 13.8. The highest BCUT2D eigenvalue weighted by Crippen LogP contribution is 2.15. The molecule has 98 valence electrons. The van der Waals surface area contributed by atoms with Gasteiger partial charge >= 0.3 is 0 Å². The van der Waals surface area contributed by atoms with Crippen molar-refractivity contribution in [2.24, 2.45) is 0 Å². The lowest BCUT2D eigenvalue weighted by Crippen LogP contribution is -2.15. The van der Waals surface area contributed by atoms with Crippen LogP contribution in [0.25, 0.3) is 0 Å². The first-order valence-corrected chi connectivity index (χ1v) is 8.33. The number of hydrogen-bond donors (Lipinski definition) is 2. The van der Waals surface area contributed by atoms with Crippen LogP contribution in [0.5, 0.6) is 0 Å². The van der Waals surface area contributed by atoms with Crippen molar-refractivity contribution in [1.82, 2.24) is 0 Å². The van der Waals surface area contributed by atoms with Gasteiger partial charge in [-0.15, -0.1) is 0 Å². The molecule has 0 amide bonds. The molecule has 1 saturated carbocycles. The average molecular weight is 274 g/mol. The van der Waals surface area contributed by atoms with Crippen LogP contribution in [-0.4, -0.2) is 37.4 Å². The lowest BCUT2D eigenvalue weighted by molar-refractivity contribution is 0.472. The van der Waals surface area contributed by atoms with Crippen LogP contribution in [0.15, 0.2) is 0 Å². The zero-order chi connectivity index (χ0) is 12.7. The molecule has 0 heterocycles. The quantitative estimate of drug-likeness (QED) is 0.746. The van der Waals surface area contributed by atoms with Gasteiger partial charge in [-0.05, 0) is 0 Å². The lowest BCUT2D eigenvalue weighted by Gasteiger charge is -2.05. The van der Waals surface area contributed by atoms with Gasteiger partial charge in [0.1, 0.15) is 0 Å². The van der Waals surface area contributed by atoms with E-state index in [-0.39, 0.29) is 0 Å². The van der Waals surface area contributed by atoms with Gasteiger partial charge in [0, 0.05) is 0 Å². The third-order valence-corrected chi connectivity index (χ3v) is 3.80. The van der Waals surface area contributed by atoms with Gasteiger partial charge in [0.25, 0.3) is 20.2 Å². The zero-order valence-electron chi connectivity index (χ0n) is 9.00. The molecule has 0 spiro atoms. The molecule has 0 aliphatic heterocycles. The minimum atomic E-state index is -4.30. The monoisotopic (exact) mass is 274 g/mol. The largest absolute Gasteiger partial charge is 0.286 e. The van der Waals surface area contributed by atoms with Crippen LogP contribution >= 0.6 is 0 Å². The maximum atomic E-state index is 9.86. The minimum absolute atomic E-state index is 0.980. The van der Waals surface area contributed by atoms with E-state index in [9.17, 15) is 16.8 Å². The second-order valence-electron chi connectivity index (χ2n) is 3.69. The summed E-state index contributed by atoms with van der Waals surface area (Å²) in [5.41, 5.74) is 0. The van der Waals surface area contributed by atoms with E-state index < -0.39 is 31.7 Å². The van der Waals surface area contributed by atoms with Crippen LogP contribution in [0.3, 0.4) is 0 Å². The molecule has 0 bridgehead atoms. The van der Waals surface area contributed by atoms with Gasteiger partial charge in [-0.1, -0.05) is 38.5 Å². The van der Waals surface area contributed by atoms with Gasteiger partial charge in [-0.2, -0.15) is 16.8 Å². The fraction of sp³-hybridized carbons (Fsp3) is 1.00. The summed E-state index contributed by atoms with van der Waals surface area (Å²) in [5.74, 6) is -1.96. The average Bonchev–Trinajstić information content (AvgIpc) is 2.17. The molecule has 16 heavy (non-hydrogen) atoms. The molecule has 0 saturated heterocycles. The van der Waals surface area contributed by atoms with Gasteiger partial charge in [0.15, 0.2) is 0 Å². The first kappa shape index (κ1) is 15.8. The molecule has 1 rings (SSSR count). The van der Waals surface area contributed by atoms with E-state index in [4.69, 9.17) is 9.11 Å². The normalized spacial score (nSPS) is 17.4. The molecule has 0 atom stereocenters. The van der Waals surface area contributed by atoms with Crippen LogP contribution in [0.2, 0.25) is 0 Å². The van der Waals surface area contributed by atoms with E-state index in [1.807, 2.05) is 0 Å². The lowest BCUT2D eigenvalue weighted by atomic mass is 10.0. The molecule has 0 aromatic carbocycles. The molecule has 0 radical (unpaired) electrons. The first-order valence-electron chi connectivity index (χ1n) is 5.11. The van der Waals surface area contributed by atoms with E-state index in [1.54, 1.807) is 0 Å². The Kier molecular flexibility index (Phi) is 7.12. The van der Waals surface area contributed by atoms with E-state index in [0.717, 1.165) is 0 Å². The van der Waals surface area contributed by atoms with Gasteiger partial charge in [0.05, 0.1) is 11.5 Å². The van der Waals surface area contributed by atoms with Crippen molar-refractivity contribution in [2.75, 3.05) is 11.5 Å². The SMILES string of the molecule is C1CCCCC1.O=S(=O)(O)CCS(=O)(=O)O. The van der Waals surface area contributed by atoms with Crippen LogP contribution in [-0.2, 0) is 20.2 Å². The van der Waals surface area contributed by atoms with Crippen LogP contribution < -0.4 is 0 Å². The Bertz CT molecular complexity index is 322. The Hall–Kier alpha value is -0.180. The van der Waals surface area contributed by atoms with Crippen molar-refractivity contribution < 1.29 is 25.9 Å². The standard InChI is InChI=1S/C6H12.C2H6O6S2/c1-2-4-6-5-3-1;3-9(4,5)1-2-10(6,7)8/h1-6H2;1-2H2,(H,3,4,5)(H,6,7,8). The zero-order valence-corrected chi connectivity index (χ0v) is 10.6. The summed E-state index contributed by atoms with van der Waals surface area (Å²) in [6, 6.07) is 0. The Labute approximate surface area is 96.6 Å². The Balaban J connectivity index is 0.000000315.